The second-order valence-electron chi connectivity index (χ2n) is 12.5. The SMILES string of the molecule is CC(C(=O)C(C)c1ccc(OCc2c[nH]nc2-c2ccc(C(F)(F)F)cc2)cc1F)c1ccc(OCc2c[nH]nc2-c2ccc(C(F)(F)F)cc2)cc1F. The predicted octanol–water partition coefficient (Wildman–Crippen LogP) is 10.4. The first-order valence-corrected chi connectivity index (χ1v) is 16.4. The molecule has 2 atom stereocenters. The van der Waals surface area contributed by atoms with Gasteiger partial charge in [-0.3, -0.25) is 15.0 Å². The summed E-state index contributed by atoms with van der Waals surface area (Å²) in [5.74, 6) is -3.57. The molecule has 4 aromatic carbocycles. The van der Waals surface area contributed by atoms with Crippen LogP contribution in [0.2, 0.25) is 0 Å². The van der Waals surface area contributed by atoms with Crippen LogP contribution in [0.25, 0.3) is 22.5 Å². The van der Waals surface area contributed by atoms with Gasteiger partial charge in [0.1, 0.15) is 42.1 Å². The number of Topliss-reactive ketones (excluding diaryl/α,β-unsaturated/α-hetero) is 1. The molecule has 0 fully saturated rings. The van der Waals surface area contributed by atoms with Gasteiger partial charge in [-0.05, 0) is 47.5 Å². The molecule has 6 aromatic rings. The number of carbonyl (C=O) groups is 1. The van der Waals surface area contributed by atoms with Gasteiger partial charge in [0.25, 0.3) is 0 Å². The Morgan fingerprint density at radius 1 is 0.611 bits per heavy atom. The minimum Gasteiger partial charge on any atom is -0.489 e. The summed E-state index contributed by atoms with van der Waals surface area (Å²) in [4.78, 5) is 13.4. The van der Waals surface area contributed by atoms with Crippen molar-refractivity contribution in [2.24, 2.45) is 0 Å². The lowest BCUT2D eigenvalue weighted by atomic mass is 9.85. The third-order valence-electron chi connectivity index (χ3n) is 8.93. The van der Waals surface area contributed by atoms with Gasteiger partial charge in [0.15, 0.2) is 0 Å². The summed E-state index contributed by atoms with van der Waals surface area (Å²) in [7, 11) is 0. The zero-order valence-corrected chi connectivity index (χ0v) is 28.4. The second kappa shape index (κ2) is 15.2. The third kappa shape index (κ3) is 8.29. The smallest absolute Gasteiger partial charge is 0.416 e. The monoisotopic (exact) mass is 754 g/mol. The molecular weight excluding hydrogens is 724 g/mol. The molecular formula is C39H30F8N4O3. The van der Waals surface area contributed by atoms with Gasteiger partial charge < -0.3 is 9.47 Å². The average Bonchev–Trinajstić information content (AvgIpc) is 3.82. The summed E-state index contributed by atoms with van der Waals surface area (Å²) < 4.78 is 120. The van der Waals surface area contributed by atoms with E-state index in [0.717, 1.165) is 36.4 Å². The number of ether oxygens (including phenoxy) is 2. The van der Waals surface area contributed by atoms with Crippen LogP contribution in [0, 0.1) is 11.6 Å². The quantitative estimate of drug-likeness (QED) is 0.121. The topological polar surface area (TPSA) is 92.9 Å². The summed E-state index contributed by atoms with van der Waals surface area (Å²) in [6.45, 7) is 2.85. The summed E-state index contributed by atoms with van der Waals surface area (Å²) >= 11 is 0. The number of alkyl halides is 6. The Bertz CT molecular complexity index is 2090. The van der Waals surface area contributed by atoms with E-state index in [1.54, 1.807) is 0 Å². The van der Waals surface area contributed by atoms with Crippen molar-refractivity contribution in [2.45, 2.75) is 51.2 Å². The van der Waals surface area contributed by atoms with Crippen molar-refractivity contribution in [3.8, 4) is 34.0 Å². The summed E-state index contributed by atoms with van der Waals surface area (Å²) in [6, 6.07) is 16.9. The Labute approximate surface area is 303 Å². The van der Waals surface area contributed by atoms with Gasteiger partial charge in [0.2, 0.25) is 0 Å². The van der Waals surface area contributed by atoms with E-state index >= 15 is 8.78 Å². The number of nitrogens with one attached hydrogen (secondary N) is 2. The molecule has 2 aromatic heterocycles. The van der Waals surface area contributed by atoms with Gasteiger partial charge in [0, 0.05) is 58.6 Å². The van der Waals surface area contributed by atoms with Crippen LogP contribution in [0.3, 0.4) is 0 Å². The van der Waals surface area contributed by atoms with Gasteiger partial charge in [-0.15, -0.1) is 0 Å². The number of halogens is 8. The highest BCUT2D eigenvalue weighted by molar-refractivity contribution is 5.91. The lowest BCUT2D eigenvalue weighted by Crippen LogP contribution is -2.18. The van der Waals surface area contributed by atoms with Crippen LogP contribution in [-0.4, -0.2) is 26.2 Å². The van der Waals surface area contributed by atoms with Crippen LogP contribution >= 0.6 is 0 Å². The molecule has 6 rings (SSSR count). The Morgan fingerprint density at radius 3 is 1.31 bits per heavy atom. The van der Waals surface area contributed by atoms with Crippen LogP contribution in [0.5, 0.6) is 11.5 Å². The van der Waals surface area contributed by atoms with Gasteiger partial charge >= 0.3 is 12.4 Å². The molecule has 0 aliphatic rings. The number of aromatic amines is 2. The maximum absolute atomic E-state index is 15.3. The first-order valence-electron chi connectivity index (χ1n) is 16.4. The number of hydrogen-bond acceptors (Lipinski definition) is 5. The van der Waals surface area contributed by atoms with Crippen LogP contribution in [0.1, 0.15) is 59.1 Å². The first-order chi connectivity index (χ1) is 25.6. The van der Waals surface area contributed by atoms with E-state index in [2.05, 4.69) is 20.4 Å². The van der Waals surface area contributed by atoms with Crippen molar-refractivity contribution >= 4 is 5.78 Å². The number of benzene rings is 4. The summed E-state index contributed by atoms with van der Waals surface area (Å²) in [5.41, 5.74) is 1.14. The fourth-order valence-corrected chi connectivity index (χ4v) is 5.89. The van der Waals surface area contributed by atoms with E-state index in [0.29, 0.717) is 33.6 Å². The molecule has 15 heteroatoms. The van der Waals surface area contributed by atoms with Crippen LogP contribution in [-0.2, 0) is 30.4 Å². The van der Waals surface area contributed by atoms with E-state index < -0.39 is 52.7 Å². The number of rotatable bonds is 12. The summed E-state index contributed by atoms with van der Waals surface area (Å²) in [5, 5.41) is 13.5. The van der Waals surface area contributed by atoms with Gasteiger partial charge in [-0.2, -0.15) is 36.5 Å². The fraction of sp³-hybridized carbons (Fsp3) is 0.205. The molecule has 2 N–H and O–H groups in total. The lowest BCUT2D eigenvalue weighted by Gasteiger charge is -2.19. The summed E-state index contributed by atoms with van der Waals surface area (Å²) in [6.07, 6.45) is -5.93. The van der Waals surface area contributed by atoms with Crippen LogP contribution < -0.4 is 9.47 Å². The van der Waals surface area contributed by atoms with Crippen molar-refractivity contribution in [3.63, 3.8) is 0 Å². The van der Waals surface area contributed by atoms with Gasteiger partial charge in [0.05, 0.1) is 22.5 Å². The molecule has 0 radical (unpaired) electrons. The second-order valence-corrected chi connectivity index (χ2v) is 12.5. The number of aromatic nitrogens is 4. The van der Waals surface area contributed by atoms with E-state index in [1.807, 2.05) is 0 Å². The minimum atomic E-state index is -4.48. The van der Waals surface area contributed by atoms with Crippen molar-refractivity contribution in [2.75, 3.05) is 0 Å². The van der Waals surface area contributed by atoms with Crippen molar-refractivity contribution in [1.82, 2.24) is 20.4 Å². The Hall–Kier alpha value is -5.99. The molecule has 0 bridgehead atoms. The molecule has 0 saturated carbocycles. The average molecular weight is 755 g/mol. The van der Waals surface area contributed by atoms with Gasteiger partial charge in [-0.1, -0.05) is 50.2 Å². The minimum absolute atomic E-state index is 0.0669. The number of hydrogen-bond donors (Lipinski definition) is 2. The zero-order valence-electron chi connectivity index (χ0n) is 28.4. The third-order valence-corrected chi connectivity index (χ3v) is 8.93. The molecule has 54 heavy (non-hydrogen) atoms. The highest BCUT2D eigenvalue weighted by Crippen LogP contribution is 2.35. The molecule has 0 spiro atoms. The van der Waals surface area contributed by atoms with Crippen LogP contribution in [0.15, 0.2) is 97.3 Å². The highest BCUT2D eigenvalue weighted by atomic mass is 19.4. The number of H-pyrrole nitrogens is 2. The normalized spacial score (nSPS) is 13.1. The molecule has 2 heterocycles. The first kappa shape index (κ1) is 37.8. The largest absolute Gasteiger partial charge is 0.489 e. The number of ketones is 1. The maximum Gasteiger partial charge on any atom is 0.416 e. The molecule has 0 saturated heterocycles. The standard InChI is InChI=1S/C39H30F8N4O3/c1-21(31-13-11-29(15-33(31)40)53-19-25-17-48-50-35(25)23-3-7-27(8-4-23)38(42,43)44)37(52)22(2)32-14-12-30(16-34(32)41)54-20-26-18-49-51-36(26)24-5-9-28(10-6-24)39(45,46)47/h3-18,21-22H,19-20H2,1-2H3,(H,48,50)(H,49,51). The Kier molecular flexibility index (Phi) is 10.6. The van der Waals surface area contributed by atoms with E-state index in [1.165, 1.54) is 74.8 Å². The Morgan fingerprint density at radius 2 is 0.981 bits per heavy atom. The lowest BCUT2D eigenvalue weighted by molar-refractivity contribution is -0.138. The van der Waals surface area contributed by atoms with E-state index in [-0.39, 0.29) is 35.8 Å². The molecule has 280 valence electrons. The Balaban J connectivity index is 1.06. The molecule has 7 nitrogen and oxygen atoms in total. The van der Waals surface area contributed by atoms with E-state index in [4.69, 9.17) is 9.47 Å². The fourth-order valence-electron chi connectivity index (χ4n) is 5.89. The number of carbonyl (C=O) groups excluding carboxylic acids is 1. The van der Waals surface area contributed by atoms with Gasteiger partial charge in [-0.25, -0.2) is 8.78 Å². The van der Waals surface area contributed by atoms with Crippen molar-refractivity contribution in [1.29, 1.82) is 0 Å². The maximum atomic E-state index is 15.3. The molecule has 0 aliphatic carbocycles. The molecule has 0 amide bonds. The number of nitrogens with zero attached hydrogens (tertiary/aromatic N) is 2. The molecule has 0 aliphatic heterocycles. The highest BCUT2D eigenvalue weighted by Gasteiger charge is 2.31. The van der Waals surface area contributed by atoms with Crippen LogP contribution in [0.4, 0.5) is 35.1 Å². The van der Waals surface area contributed by atoms with Crippen molar-refractivity contribution in [3.05, 3.63) is 142 Å². The van der Waals surface area contributed by atoms with E-state index in [9.17, 15) is 31.1 Å². The zero-order chi connectivity index (χ0) is 38.8. The van der Waals surface area contributed by atoms with Crippen molar-refractivity contribution < 1.29 is 49.4 Å². The molecule has 2 unspecified atom stereocenters. The predicted molar refractivity (Wildman–Crippen MR) is 181 cm³/mol.